The number of halogens is 4. The fourth-order valence-electron chi connectivity index (χ4n) is 2.65. The summed E-state index contributed by atoms with van der Waals surface area (Å²) < 4.78 is 40.0. The molecule has 0 saturated heterocycles. The van der Waals surface area contributed by atoms with Gasteiger partial charge >= 0.3 is 0 Å². The van der Waals surface area contributed by atoms with Gasteiger partial charge in [-0.05, 0) is 78.8 Å². The second kappa shape index (κ2) is 9.61. The summed E-state index contributed by atoms with van der Waals surface area (Å²) in [6.07, 6.45) is 0. The summed E-state index contributed by atoms with van der Waals surface area (Å²) in [6.45, 7) is 8.67. The molecular formula is C20H24Br2F2O2S. The van der Waals surface area contributed by atoms with Crippen LogP contribution in [0.2, 0.25) is 0 Å². The highest BCUT2D eigenvalue weighted by molar-refractivity contribution is 9.10. The Bertz CT molecular complexity index is 719. The maximum absolute atomic E-state index is 13.3. The zero-order valence-corrected chi connectivity index (χ0v) is 19.8. The Kier molecular flexibility index (Phi) is 8.01. The number of rotatable bonds is 8. The molecule has 0 saturated carbocycles. The third-order valence-electron chi connectivity index (χ3n) is 4.53. The van der Waals surface area contributed by atoms with Gasteiger partial charge in [-0.25, -0.2) is 8.78 Å². The first kappa shape index (κ1) is 22.5. The lowest BCUT2D eigenvalue weighted by molar-refractivity contribution is 0.359. The highest BCUT2D eigenvalue weighted by atomic mass is 79.9. The molecule has 2 aromatic carbocycles. The maximum Gasteiger partial charge on any atom is 0.134 e. The summed E-state index contributed by atoms with van der Waals surface area (Å²) in [6, 6.07) is 8.80. The molecule has 0 amide bonds. The smallest absolute Gasteiger partial charge is 0.134 e. The van der Waals surface area contributed by atoms with E-state index in [0.29, 0.717) is 42.8 Å². The van der Waals surface area contributed by atoms with Gasteiger partial charge in [-0.15, -0.1) is 0 Å². The lowest BCUT2D eigenvalue weighted by Crippen LogP contribution is -2.31. The van der Waals surface area contributed by atoms with Gasteiger partial charge in [0.05, 0.1) is 8.95 Å². The third-order valence-corrected chi connectivity index (χ3v) is 10.6. The summed E-state index contributed by atoms with van der Waals surface area (Å²) in [4.78, 5) is 0. The Morgan fingerprint density at radius 2 is 1.15 bits per heavy atom. The minimum Gasteiger partial charge on any atom is -0.483 e. The molecule has 2 aromatic rings. The van der Waals surface area contributed by atoms with Crippen LogP contribution in [0.15, 0.2) is 45.3 Å². The van der Waals surface area contributed by atoms with Crippen LogP contribution in [0.25, 0.3) is 0 Å². The number of ether oxygens (including phenoxy) is 2. The Morgan fingerprint density at radius 1 is 0.778 bits per heavy atom. The molecule has 0 N–H and O–H groups in total. The Morgan fingerprint density at radius 3 is 1.44 bits per heavy atom. The molecule has 0 fully saturated rings. The fraction of sp³-hybridized carbons (Fsp3) is 0.400. The molecule has 0 aliphatic carbocycles. The zero-order valence-electron chi connectivity index (χ0n) is 15.8. The van der Waals surface area contributed by atoms with Crippen molar-refractivity contribution in [2.24, 2.45) is 0 Å². The van der Waals surface area contributed by atoms with Crippen LogP contribution in [0.1, 0.15) is 27.7 Å². The standard InChI is InChI=1S/C20H24Br2F2O2S/c1-13(2)27(14(3)4,11-25-19-7-5-15(23)9-17(19)21)12-26-20-8-6-16(24)10-18(20)22/h5-10,13-14H,11-12H2,1-4H3. The molecule has 2 rings (SSSR count). The molecular weight excluding hydrogens is 502 g/mol. The molecule has 150 valence electrons. The van der Waals surface area contributed by atoms with Crippen LogP contribution in [-0.4, -0.2) is 22.4 Å². The van der Waals surface area contributed by atoms with Crippen molar-refractivity contribution in [2.45, 2.75) is 38.2 Å². The molecule has 27 heavy (non-hydrogen) atoms. The molecule has 0 bridgehead atoms. The van der Waals surface area contributed by atoms with Crippen molar-refractivity contribution in [3.05, 3.63) is 57.0 Å². The monoisotopic (exact) mass is 524 g/mol. The van der Waals surface area contributed by atoms with E-state index in [-0.39, 0.29) is 11.6 Å². The van der Waals surface area contributed by atoms with Gasteiger partial charge in [-0.2, -0.15) is 10.0 Å². The van der Waals surface area contributed by atoms with Crippen molar-refractivity contribution in [2.75, 3.05) is 11.9 Å². The first-order chi connectivity index (χ1) is 12.7. The maximum atomic E-state index is 13.3. The van der Waals surface area contributed by atoms with Crippen molar-refractivity contribution < 1.29 is 18.3 Å². The molecule has 0 aliphatic heterocycles. The summed E-state index contributed by atoms with van der Waals surface area (Å²) in [5.74, 6) is 1.57. The fourth-order valence-corrected chi connectivity index (χ4v) is 6.52. The summed E-state index contributed by atoms with van der Waals surface area (Å²) in [5, 5.41) is 0.687. The minimum atomic E-state index is -1.35. The van der Waals surface area contributed by atoms with Gasteiger partial charge in [-0.3, -0.25) is 0 Å². The average molecular weight is 526 g/mol. The molecule has 7 heteroatoms. The molecule has 0 aromatic heterocycles. The molecule has 0 atom stereocenters. The average Bonchev–Trinajstić information content (AvgIpc) is 2.57. The molecule has 0 radical (unpaired) electrons. The van der Waals surface area contributed by atoms with E-state index in [1.165, 1.54) is 24.3 Å². The van der Waals surface area contributed by atoms with Crippen molar-refractivity contribution >= 4 is 41.9 Å². The van der Waals surface area contributed by atoms with E-state index in [1.54, 1.807) is 12.1 Å². The second-order valence-electron chi connectivity index (χ2n) is 6.78. The minimum absolute atomic E-state index is 0.315. The van der Waals surface area contributed by atoms with Crippen LogP contribution in [0.3, 0.4) is 0 Å². The Labute approximate surface area is 178 Å². The van der Waals surface area contributed by atoms with Crippen molar-refractivity contribution in [3.63, 3.8) is 0 Å². The predicted molar refractivity (Wildman–Crippen MR) is 117 cm³/mol. The predicted octanol–water partition coefficient (Wildman–Crippen LogP) is 7.48. The lowest BCUT2D eigenvalue weighted by Gasteiger charge is -2.46. The van der Waals surface area contributed by atoms with Gasteiger partial charge in [0.15, 0.2) is 0 Å². The quantitative estimate of drug-likeness (QED) is 0.355. The SMILES string of the molecule is CC(C)S(COc1ccc(F)cc1Br)(COc1ccc(F)cc1Br)C(C)C. The molecule has 0 spiro atoms. The molecule has 0 unspecified atom stereocenters. The highest BCUT2D eigenvalue weighted by Crippen LogP contribution is 2.56. The number of hydrogen-bond acceptors (Lipinski definition) is 2. The van der Waals surface area contributed by atoms with Gasteiger partial charge < -0.3 is 9.47 Å². The largest absolute Gasteiger partial charge is 0.483 e. The summed E-state index contributed by atoms with van der Waals surface area (Å²) in [5.41, 5.74) is 0. The van der Waals surface area contributed by atoms with E-state index in [0.717, 1.165) is 0 Å². The second-order valence-corrected chi connectivity index (χ2v) is 12.9. The first-order valence-corrected chi connectivity index (χ1v) is 12.3. The van der Waals surface area contributed by atoms with Crippen LogP contribution in [-0.2, 0) is 0 Å². The van der Waals surface area contributed by atoms with E-state index >= 15 is 0 Å². The molecule has 0 heterocycles. The third kappa shape index (κ3) is 5.61. The lowest BCUT2D eigenvalue weighted by atomic mass is 10.3. The first-order valence-electron chi connectivity index (χ1n) is 8.58. The number of benzene rings is 2. The summed E-state index contributed by atoms with van der Waals surface area (Å²) in [7, 11) is -1.35. The summed E-state index contributed by atoms with van der Waals surface area (Å²) >= 11 is 6.70. The van der Waals surface area contributed by atoms with Gasteiger partial charge in [0.1, 0.15) is 35.0 Å². The van der Waals surface area contributed by atoms with E-state index in [2.05, 4.69) is 59.6 Å². The van der Waals surface area contributed by atoms with Crippen LogP contribution in [0, 0.1) is 11.6 Å². The Balaban J connectivity index is 2.21. The normalized spacial score (nSPS) is 12.5. The van der Waals surface area contributed by atoms with Crippen molar-refractivity contribution in [1.82, 2.24) is 0 Å². The van der Waals surface area contributed by atoms with Crippen LogP contribution in [0.4, 0.5) is 8.78 Å². The topological polar surface area (TPSA) is 18.5 Å². The van der Waals surface area contributed by atoms with Crippen molar-refractivity contribution in [1.29, 1.82) is 0 Å². The van der Waals surface area contributed by atoms with Gasteiger partial charge in [-0.1, -0.05) is 27.7 Å². The Hall–Kier alpha value is -0.790. The van der Waals surface area contributed by atoms with Crippen molar-refractivity contribution in [3.8, 4) is 11.5 Å². The van der Waals surface area contributed by atoms with Gasteiger partial charge in [0, 0.05) is 0 Å². The van der Waals surface area contributed by atoms with Crippen LogP contribution < -0.4 is 9.47 Å². The van der Waals surface area contributed by atoms with E-state index < -0.39 is 10.0 Å². The van der Waals surface area contributed by atoms with Crippen LogP contribution in [0.5, 0.6) is 11.5 Å². The zero-order chi connectivity index (χ0) is 20.2. The van der Waals surface area contributed by atoms with Gasteiger partial charge in [0.2, 0.25) is 0 Å². The van der Waals surface area contributed by atoms with Crippen LogP contribution >= 0.6 is 41.9 Å². The van der Waals surface area contributed by atoms with Gasteiger partial charge in [0.25, 0.3) is 0 Å². The van der Waals surface area contributed by atoms with E-state index in [4.69, 9.17) is 9.47 Å². The highest BCUT2D eigenvalue weighted by Gasteiger charge is 2.34. The van der Waals surface area contributed by atoms with E-state index in [1.807, 2.05) is 0 Å². The molecule has 0 aliphatic rings. The van der Waals surface area contributed by atoms with E-state index in [9.17, 15) is 8.78 Å². The number of hydrogen-bond donors (Lipinski definition) is 0. The molecule has 2 nitrogen and oxygen atoms in total.